The Morgan fingerprint density at radius 3 is 2.45 bits per heavy atom. The van der Waals surface area contributed by atoms with E-state index in [1.54, 1.807) is 13.0 Å². The first kappa shape index (κ1) is 17.7. The first-order valence-corrected chi connectivity index (χ1v) is 8.34. The Kier molecular flexibility index (Phi) is 6.53. The zero-order valence-electron chi connectivity index (χ0n) is 12.0. The van der Waals surface area contributed by atoms with Gasteiger partial charge in [-0.25, -0.2) is 13.2 Å². The summed E-state index contributed by atoms with van der Waals surface area (Å²) in [4.78, 5) is 23.1. The minimum Gasteiger partial charge on any atom is -0.462 e. The van der Waals surface area contributed by atoms with Crippen LogP contribution in [-0.4, -0.2) is 38.4 Å². The van der Waals surface area contributed by atoms with Crippen LogP contribution in [0.2, 0.25) is 0 Å². The fraction of sp³-hybridized carbons (Fsp3) is 0.357. The van der Waals surface area contributed by atoms with E-state index in [1.807, 2.05) is 0 Å². The van der Waals surface area contributed by atoms with Gasteiger partial charge >= 0.3 is 5.97 Å². The molecule has 8 heteroatoms. The predicted octanol–water partition coefficient (Wildman–Crippen LogP) is 1.13. The number of sulfone groups is 1. The van der Waals surface area contributed by atoms with Gasteiger partial charge in [0.1, 0.15) is 5.75 Å². The highest BCUT2D eigenvalue weighted by Crippen LogP contribution is 2.11. The molecule has 1 aromatic carbocycles. The molecule has 1 rings (SSSR count). The van der Waals surface area contributed by atoms with Crippen LogP contribution < -0.4 is 5.32 Å². The molecule has 0 aliphatic heterocycles. The zero-order valence-corrected chi connectivity index (χ0v) is 12.9. The first-order chi connectivity index (χ1) is 10.4. The summed E-state index contributed by atoms with van der Waals surface area (Å²) < 4.78 is 27.9. The number of hydrogen-bond donors (Lipinski definition) is 1. The Bertz CT molecular complexity index is 674. The Balaban J connectivity index is 2.62. The summed E-state index contributed by atoms with van der Waals surface area (Å²) in [6, 6.07) is 7.62. The lowest BCUT2D eigenvalue weighted by molar-refractivity contribution is -0.113. The van der Waals surface area contributed by atoms with E-state index < -0.39 is 27.5 Å². The number of nitriles is 1. The monoisotopic (exact) mass is 324 g/mol. The van der Waals surface area contributed by atoms with Crippen molar-refractivity contribution < 1.29 is 22.7 Å². The number of carbonyl (C=O) groups is 2. The molecule has 0 saturated heterocycles. The molecule has 0 aliphatic rings. The van der Waals surface area contributed by atoms with Crippen molar-refractivity contribution in [1.82, 2.24) is 0 Å². The van der Waals surface area contributed by atoms with E-state index >= 15 is 0 Å². The van der Waals surface area contributed by atoms with Crippen LogP contribution >= 0.6 is 0 Å². The van der Waals surface area contributed by atoms with Crippen molar-refractivity contribution in [1.29, 1.82) is 5.26 Å². The molecule has 0 aromatic heterocycles. The van der Waals surface area contributed by atoms with Crippen LogP contribution in [0.3, 0.4) is 0 Å². The average Bonchev–Trinajstić information content (AvgIpc) is 2.45. The molecule has 22 heavy (non-hydrogen) atoms. The third kappa shape index (κ3) is 5.93. The second kappa shape index (κ2) is 8.14. The Labute approximate surface area is 128 Å². The quantitative estimate of drug-likeness (QED) is 0.752. The van der Waals surface area contributed by atoms with Crippen LogP contribution in [0.15, 0.2) is 24.3 Å². The van der Waals surface area contributed by atoms with Gasteiger partial charge in [0, 0.05) is 12.1 Å². The molecule has 0 bridgehead atoms. The molecule has 0 fully saturated rings. The number of nitrogens with zero attached hydrogens (tertiary/aromatic N) is 1. The number of benzene rings is 1. The molecular formula is C14H16N2O5S. The molecular weight excluding hydrogens is 308 g/mol. The SMILES string of the molecule is CCOC(=O)c1ccc(NC(=O)CS(=O)(=O)CCC#N)cc1. The molecule has 0 unspecified atom stereocenters. The van der Waals surface area contributed by atoms with Crippen molar-refractivity contribution >= 4 is 27.4 Å². The highest BCUT2D eigenvalue weighted by molar-refractivity contribution is 7.92. The standard InChI is InChI=1S/C14H16N2O5S/c1-2-21-14(18)11-4-6-12(7-5-11)16-13(17)10-22(19,20)9-3-8-15/h4-7H,2-3,9-10H2,1H3,(H,16,17). The van der Waals surface area contributed by atoms with Crippen molar-refractivity contribution in [3.8, 4) is 6.07 Å². The number of esters is 1. The van der Waals surface area contributed by atoms with Gasteiger partial charge in [0.05, 0.1) is 24.0 Å². The number of nitrogens with one attached hydrogen (secondary N) is 1. The average molecular weight is 324 g/mol. The largest absolute Gasteiger partial charge is 0.462 e. The van der Waals surface area contributed by atoms with E-state index in [4.69, 9.17) is 10.00 Å². The van der Waals surface area contributed by atoms with Crippen molar-refractivity contribution in [2.24, 2.45) is 0 Å². The zero-order chi connectivity index (χ0) is 16.6. The van der Waals surface area contributed by atoms with Crippen LogP contribution in [0.25, 0.3) is 0 Å². The van der Waals surface area contributed by atoms with E-state index in [9.17, 15) is 18.0 Å². The van der Waals surface area contributed by atoms with Gasteiger partial charge in [0.25, 0.3) is 0 Å². The van der Waals surface area contributed by atoms with Crippen LogP contribution in [0.5, 0.6) is 0 Å². The Hall–Kier alpha value is -2.40. The van der Waals surface area contributed by atoms with E-state index in [2.05, 4.69) is 5.32 Å². The van der Waals surface area contributed by atoms with Crippen LogP contribution in [0.4, 0.5) is 5.69 Å². The summed E-state index contributed by atoms with van der Waals surface area (Å²) in [6.45, 7) is 1.96. The maximum absolute atomic E-state index is 11.6. The summed E-state index contributed by atoms with van der Waals surface area (Å²) in [7, 11) is -3.60. The molecule has 0 saturated carbocycles. The van der Waals surface area contributed by atoms with Crippen molar-refractivity contribution in [3.05, 3.63) is 29.8 Å². The summed E-state index contributed by atoms with van der Waals surface area (Å²) in [5.41, 5.74) is 0.704. The van der Waals surface area contributed by atoms with E-state index in [1.165, 1.54) is 24.3 Å². The number of rotatable bonds is 7. The van der Waals surface area contributed by atoms with Crippen LogP contribution in [0.1, 0.15) is 23.7 Å². The summed E-state index contributed by atoms with van der Waals surface area (Å²) in [5, 5.41) is 10.8. The second-order valence-corrected chi connectivity index (χ2v) is 6.53. The smallest absolute Gasteiger partial charge is 0.338 e. The molecule has 0 spiro atoms. The summed E-state index contributed by atoms with van der Waals surface area (Å²) in [5.74, 6) is -2.20. The second-order valence-electron chi connectivity index (χ2n) is 4.35. The maximum atomic E-state index is 11.6. The maximum Gasteiger partial charge on any atom is 0.338 e. The molecule has 0 atom stereocenters. The molecule has 1 amide bonds. The van der Waals surface area contributed by atoms with Crippen LogP contribution in [0, 0.1) is 11.3 Å². The third-order valence-corrected chi connectivity index (χ3v) is 4.08. The predicted molar refractivity (Wildman–Crippen MR) is 79.9 cm³/mol. The van der Waals surface area contributed by atoms with Crippen molar-refractivity contribution in [2.75, 3.05) is 23.4 Å². The number of ether oxygens (including phenoxy) is 1. The third-order valence-electron chi connectivity index (χ3n) is 2.56. The Morgan fingerprint density at radius 2 is 1.91 bits per heavy atom. The van der Waals surface area contributed by atoms with Crippen LogP contribution in [-0.2, 0) is 19.4 Å². The molecule has 7 nitrogen and oxygen atoms in total. The molecule has 0 radical (unpaired) electrons. The normalized spacial score (nSPS) is 10.5. The lowest BCUT2D eigenvalue weighted by atomic mass is 10.2. The van der Waals surface area contributed by atoms with Gasteiger partial charge in [-0.3, -0.25) is 4.79 Å². The number of hydrogen-bond acceptors (Lipinski definition) is 6. The van der Waals surface area contributed by atoms with Gasteiger partial charge in [0.15, 0.2) is 9.84 Å². The molecule has 1 N–H and O–H groups in total. The minimum atomic E-state index is -3.60. The van der Waals surface area contributed by atoms with E-state index in [0.29, 0.717) is 11.3 Å². The summed E-state index contributed by atoms with van der Waals surface area (Å²) in [6.07, 6.45) is -0.149. The fourth-order valence-electron chi connectivity index (χ4n) is 1.57. The van der Waals surface area contributed by atoms with Crippen molar-refractivity contribution in [2.45, 2.75) is 13.3 Å². The topological polar surface area (TPSA) is 113 Å². The lowest BCUT2D eigenvalue weighted by Crippen LogP contribution is -2.24. The molecule has 0 heterocycles. The van der Waals surface area contributed by atoms with Gasteiger partial charge < -0.3 is 10.1 Å². The van der Waals surface area contributed by atoms with E-state index in [-0.39, 0.29) is 18.8 Å². The van der Waals surface area contributed by atoms with Gasteiger partial charge in [-0.1, -0.05) is 0 Å². The van der Waals surface area contributed by atoms with E-state index in [0.717, 1.165) is 0 Å². The molecule has 1 aromatic rings. The highest BCUT2D eigenvalue weighted by Gasteiger charge is 2.16. The number of carbonyl (C=O) groups excluding carboxylic acids is 2. The molecule has 118 valence electrons. The first-order valence-electron chi connectivity index (χ1n) is 6.52. The highest BCUT2D eigenvalue weighted by atomic mass is 32.2. The van der Waals surface area contributed by atoms with Gasteiger partial charge in [-0.15, -0.1) is 0 Å². The van der Waals surface area contributed by atoms with Crippen molar-refractivity contribution in [3.63, 3.8) is 0 Å². The van der Waals surface area contributed by atoms with Gasteiger partial charge in [0.2, 0.25) is 5.91 Å². The van der Waals surface area contributed by atoms with Gasteiger partial charge in [-0.2, -0.15) is 5.26 Å². The lowest BCUT2D eigenvalue weighted by Gasteiger charge is -2.06. The minimum absolute atomic E-state index is 0.149. The Morgan fingerprint density at radius 1 is 1.27 bits per heavy atom. The number of amides is 1. The summed E-state index contributed by atoms with van der Waals surface area (Å²) >= 11 is 0. The molecule has 0 aliphatic carbocycles. The van der Waals surface area contributed by atoms with Gasteiger partial charge in [-0.05, 0) is 31.2 Å². The number of anilines is 1. The fourth-order valence-corrected chi connectivity index (χ4v) is 2.59.